The molecule has 0 fully saturated rings. The van der Waals surface area contributed by atoms with Crippen LogP contribution in [0.15, 0.2) is 22.7 Å². The number of ether oxygens (including phenoxy) is 1. The Balaban J connectivity index is 2.54. The highest BCUT2D eigenvalue weighted by Gasteiger charge is 2.10. The largest absolute Gasteiger partial charge is 0.492 e. The van der Waals surface area contributed by atoms with E-state index in [0.29, 0.717) is 6.42 Å². The van der Waals surface area contributed by atoms with Gasteiger partial charge in [-0.2, -0.15) is 0 Å². The normalized spacial score (nSPS) is 11.5. The van der Waals surface area contributed by atoms with Crippen LogP contribution in [0.25, 0.3) is 0 Å². The summed E-state index contributed by atoms with van der Waals surface area (Å²) in [6.45, 7) is 4.00. The van der Waals surface area contributed by atoms with Gasteiger partial charge in [-0.05, 0) is 31.0 Å². The van der Waals surface area contributed by atoms with Gasteiger partial charge >= 0.3 is 0 Å². The Hall–Kier alpha value is -0.550. The first kappa shape index (κ1) is 14.5. The Morgan fingerprint density at radius 2 is 2.00 bits per heavy atom. The average molecular weight is 321 g/mol. The Bertz CT molecular complexity index is 469. The van der Waals surface area contributed by atoms with Crippen LogP contribution in [0, 0.1) is 6.92 Å². The molecule has 0 unspecified atom stereocenters. The first-order valence-electron chi connectivity index (χ1n) is 5.54. The van der Waals surface area contributed by atoms with Crippen molar-refractivity contribution in [1.29, 1.82) is 0 Å². The molecule has 0 aliphatic rings. The van der Waals surface area contributed by atoms with Crippen molar-refractivity contribution >= 4 is 25.8 Å². The molecule has 17 heavy (non-hydrogen) atoms. The number of hydrogen-bond acceptors (Lipinski definition) is 3. The molecule has 5 heteroatoms. The molecular formula is C12H17BrO3S. The molecule has 1 aromatic rings. The number of halogens is 1. The fourth-order valence-corrected chi connectivity index (χ4v) is 2.92. The van der Waals surface area contributed by atoms with Crippen LogP contribution >= 0.6 is 15.9 Å². The van der Waals surface area contributed by atoms with Gasteiger partial charge < -0.3 is 4.74 Å². The van der Waals surface area contributed by atoms with E-state index in [0.717, 1.165) is 15.8 Å². The molecule has 0 spiro atoms. The summed E-state index contributed by atoms with van der Waals surface area (Å²) in [5.74, 6) is 1.03. The van der Waals surface area contributed by atoms with E-state index in [9.17, 15) is 8.42 Å². The molecule has 0 saturated heterocycles. The fraction of sp³-hybridized carbons (Fsp3) is 0.500. The number of aryl methyl sites for hydroxylation is 1. The van der Waals surface area contributed by atoms with Crippen molar-refractivity contribution in [3.8, 4) is 5.75 Å². The van der Waals surface area contributed by atoms with E-state index in [1.807, 2.05) is 32.0 Å². The lowest BCUT2D eigenvalue weighted by Gasteiger charge is -2.09. The van der Waals surface area contributed by atoms with Gasteiger partial charge in [-0.3, -0.25) is 0 Å². The minimum absolute atomic E-state index is 0.0762. The second-order valence-corrected chi connectivity index (χ2v) is 7.13. The van der Waals surface area contributed by atoms with Crippen molar-refractivity contribution in [3.63, 3.8) is 0 Å². The summed E-state index contributed by atoms with van der Waals surface area (Å²) in [5, 5.41) is 0. The van der Waals surface area contributed by atoms with Crippen molar-refractivity contribution < 1.29 is 13.2 Å². The Morgan fingerprint density at radius 3 is 2.65 bits per heavy atom. The van der Waals surface area contributed by atoms with Crippen molar-refractivity contribution in [2.45, 2.75) is 20.3 Å². The van der Waals surface area contributed by atoms with Gasteiger partial charge in [-0.25, -0.2) is 8.42 Å². The number of hydrogen-bond donors (Lipinski definition) is 0. The predicted octanol–water partition coefficient (Wildman–Crippen LogP) is 2.96. The van der Waals surface area contributed by atoms with Crippen LogP contribution in [-0.2, 0) is 9.84 Å². The Labute approximate surface area is 111 Å². The minimum atomic E-state index is -2.96. The smallest absolute Gasteiger partial charge is 0.153 e. The first-order chi connectivity index (χ1) is 7.94. The zero-order valence-corrected chi connectivity index (χ0v) is 12.5. The van der Waals surface area contributed by atoms with E-state index in [1.165, 1.54) is 0 Å². The van der Waals surface area contributed by atoms with Crippen LogP contribution in [0.5, 0.6) is 5.75 Å². The number of rotatable bonds is 6. The highest BCUT2D eigenvalue weighted by molar-refractivity contribution is 9.10. The highest BCUT2D eigenvalue weighted by atomic mass is 79.9. The van der Waals surface area contributed by atoms with Crippen molar-refractivity contribution in [3.05, 3.63) is 28.2 Å². The monoisotopic (exact) mass is 320 g/mol. The van der Waals surface area contributed by atoms with E-state index in [1.54, 1.807) is 0 Å². The van der Waals surface area contributed by atoms with Crippen LogP contribution in [0.4, 0.5) is 0 Å². The summed E-state index contributed by atoms with van der Waals surface area (Å²) < 4.78 is 29.4. The first-order valence-corrected chi connectivity index (χ1v) is 8.15. The van der Waals surface area contributed by atoms with Crippen molar-refractivity contribution in [2.24, 2.45) is 0 Å². The summed E-state index contributed by atoms with van der Waals surface area (Å²) in [5.41, 5.74) is 1.00. The molecule has 1 rings (SSSR count). The molecular weight excluding hydrogens is 304 g/mol. The van der Waals surface area contributed by atoms with Gasteiger partial charge in [0, 0.05) is 4.47 Å². The molecule has 0 saturated carbocycles. The van der Waals surface area contributed by atoms with Crippen LogP contribution in [0.1, 0.15) is 18.9 Å². The SMILES string of the molecule is CCCS(=O)(=O)CCOc1cc(Br)ccc1C. The zero-order chi connectivity index (χ0) is 12.9. The van der Waals surface area contributed by atoms with Crippen LogP contribution in [0.3, 0.4) is 0 Å². The van der Waals surface area contributed by atoms with E-state index < -0.39 is 9.84 Å². The molecule has 0 amide bonds. The summed E-state index contributed by atoms with van der Waals surface area (Å²) in [6.07, 6.45) is 0.651. The molecule has 3 nitrogen and oxygen atoms in total. The average Bonchev–Trinajstić information content (AvgIpc) is 2.23. The lowest BCUT2D eigenvalue weighted by atomic mass is 10.2. The van der Waals surface area contributed by atoms with Crippen molar-refractivity contribution in [2.75, 3.05) is 18.1 Å². The Kier molecular flexibility index (Phi) is 5.46. The van der Waals surface area contributed by atoms with E-state index in [4.69, 9.17) is 4.74 Å². The molecule has 0 radical (unpaired) electrons. The maximum Gasteiger partial charge on any atom is 0.153 e. The lowest BCUT2D eigenvalue weighted by Crippen LogP contribution is -2.16. The molecule has 0 aliphatic carbocycles. The van der Waals surface area contributed by atoms with Gasteiger partial charge in [-0.1, -0.05) is 28.9 Å². The molecule has 0 heterocycles. The minimum Gasteiger partial charge on any atom is -0.492 e. The summed E-state index contributed by atoms with van der Waals surface area (Å²) in [7, 11) is -2.96. The topological polar surface area (TPSA) is 43.4 Å². The molecule has 0 aliphatic heterocycles. The van der Waals surface area contributed by atoms with Crippen LogP contribution < -0.4 is 4.74 Å². The quantitative estimate of drug-likeness (QED) is 0.809. The van der Waals surface area contributed by atoms with Gasteiger partial charge in [0.15, 0.2) is 9.84 Å². The fourth-order valence-electron chi connectivity index (χ4n) is 1.42. The second kappa shape index (κ2) is 6.40. The summed E-state index contributed by atoms with van der Waals surface area (Å²) in [6, 6.07) is 5.71. The molecule has 1 aromatic carbocycles. The Morgan fingerprint density at radius 1 is 1.29 bits per heavy atom. The lowest BCUT2D eigenvalue weighted by molar-refractivity contribution is 0.338. The molecule has 0 atom stereocenters. The maximum absolute atomic E-state index is 11.5. The van der Waals surface area contributed by atoms with E-state index in [-0.39, 0.29) is 18.1 Å². The zero-order valence-electron chi connectivity index (χ0n) is 10.1. The van der Waals surface area contributed by atoms with Gasteiger partial charge in [0.05, 0.1) is 11.5 Å². The molecule has 0 N–H and O–H groups in total. The summed E-state index contributed by atoms with van der Waals surface area (Å²) in [4.78, 5) is 0. The van der Waals surface area contributed by atoms with E-state index >= 15 is 0 Å². The van der Waals surface area contributed by atoms with Crippen molar-refractivity contribution in [1.82, 2.24) is 0 Å². The molecule has 0 aromatic heterocycles. The third-order valence-corrected chi connectivity index (χ3v) is 4.63. The van der Waals surface area contributed by atoms with Gasteiger partial charge in [0.25, 0.3) is 0 Å². The van der Waals surface area contributed by atoms with Crippen LogP contribution in [0.2, 0.25) is 0 Å². The maximum atomic E-state index is 11.5. The number of sulfone groups is 1. The highest BCUT2D eigenvalue weighted by Crippen LogP contribution is 2.22. The standard InChI is InChI=1S/C12H17BrO3S/c1-3-7-17(14,15)8-6-16-12-9-11(13)5-4-10(12)2/h4-5,9H,3,6-8H2,1-2H3. The van der Waals surface area contributed by atoms with E-state index in [2.05, 4.69) is 15.9 Å². The van der Waals surface area contributed by atoms with Gasteiger partial charge in [0.2, 0.25) is 0 Å². The van der Waals surface area contributed by atoms with Gasteiger partial charge in [-0.15, -0.1) is 0 Å². The molecule has 96 valence electrons. The third kappa shape index (κ3) is 5.08. The number of benzene rings is 1. The van der Waals surface area contributed by atoms with Crippen LogP contribution in [-0.4, -0.2) is 26.5 Å². The third-order valence-electron chi connectivity index (χ3n) is 2.32. The summed E-state index contributed by atoms with van der Waals surface area (Å²) >= 11 is 3.35. The molecule has 0 bridgehead atoms. The predicted molar refractivity (Wildman–Crippen MR) is 73.3 cm³/mol. The second-order valence-electron chi connectivity index (χ2n) is 3.91. The van der Waals surface area contributed by atoms with Gasteiger partial charge in [0.1, 0.15) is 12.4 Å².